The molecule has 0 aliphatic heterocycles. The van der Waals surface area contributed by atoms with Gasteiger partial charge in [0.1, 0.15) is 0 Å². The van der Waals surface area contributed by atoms with Crippen LogP contribution in [0.3, 0.4) is 0 Å². The van der Waals surface area contributed by atoms with Gasteiger partial charge in [-0.1, -0.05) is 28.1 Å². The van der Waals surface area contributed by atoms with Crippen molar-refractivity contribution in [1.29, 1.82) is 0 Å². The second-order valence-corrected chi connectivity index (χ2v) is 4.82. The maximum atomic E-state index is 12.4. The Bertz CT molecular complexity index is 617. The minimum absolute atomic E-state index is 0.170. The highest BCUT2D eigenvalue weighted by molar-refractivity contribution is 9.10. The van der Waals surface area contributed by atoms with Gasteiger partial charge in [-0.3, -0.25) is 0 Å². The summed E-state index contributed by atoms with van der Waals surface area (Å²) in [5.74, 6) is -0.338. The van der Waals surface area contributed by atoms with Crippen LogP contribution in [0, 0.1) is 0 Å². The Kier molecular flexibility index (Phi) is 4.08. The zero-order chi connectivity index (χ0) is 14.8. The van der Waals surface area contributed by atoms with Crippen LogP contribution in [-0.4, -0.2) is 6.36 Å². The molecule has 0 atom stereocenters. The highest BCUT2D eigenvalue weighted by atomic mass is 79.9. The number of ether oxygens (including phenoxy) is 1. The molecule has 2 aromatic carbocycles. The SMILES string of the molecule is Nc1ccccc1Nc1ccc(Br)cc1OC(F)(F)F. The van der Waals surface area contributed by atoms with Crippen LogP contribution in [0.5, 0.6) is 5.75 Å². The lowest BCUT2D eigenvalue weighted by Crippen LogP contribution is -2.18. The average Bonchev–Trinajstić information content (AvgIpc) is 2.33. The molecule has 7 heteroatoms. The van der Waals surface area contributed by atoms with Crippen LogP contribution >= 0.6 is 15.9 Å². The number of rotatable bonds is 3. The predicted molar refractivity (Wildman–Crippen MR) is 75.0 cm³/mol. The normalized spacial score (nSPS) is 11.2. The van der Waals surface area contributed by atoms with Crippen LogP contribution in [-0.2, 0) is 0 Å². The maximum absolute atomic E-state index is 12.4. The van der Waals surface area contributed by atoms with Crippen molar-refractivity contribution in [1.82, 2.24) is 0 Å². The molecule has 2 aromatic rings. The number of halogens is 4. The van der Waals surface area contributed by atoms with E-state index in [0.29, 0.717) is 15.8 Å². The molecular weight excluding hydrogens is 337 g/mol. The number of alkyl halides is 3. The topological polar surface area (TPSA) is 47.3 Å². The lowest BCUT2D eigenvalue weighted by molar-refractivity contribution is -0.274. The molecule has 0 saturated carbocycles. The Hall–Kier alpha value is -1.89. The summed E-state index contributed by atoms with van der Waals surface area (Å²) in [6.07, 6.45) is -4.76. The lowest BCUT2D eigenvalue weighted by Gasteiger charge is -2.16. The van der Waals surface area contributed by atoms with Crippen molar-refractivity contribution in [3.63, 3.8) is 0 Å². The third kappa shape index (κ3) is 3.80. The smallest absolute Gasteiger partial charge is 0.404 e. The van der Waals surface area contributed by atoms with E-state index in [-0.39, 0.29) is 11.4 Å². The molecular formula is C13H10BrF3N2O. The highest BCUT2D eigenvalue weighted by Crippen LogP contribution is 2.35. The van der Waals surface area contributed by atoms with Crippen molar-refractivity contribution < 1.29 is 17.9 Å². The van der Waals surface area contributed by atoms with Gasteiger partial charge in [0.15, 0.2) is 5.75 Å². The van der Waals surface area contributed by atoms with Crippen molar-refractivity contribution in [2.24, 2.45) is 0 Å². The number of anilines is 3. The fourth-order valence-electron chi connectivity index (χ4n) is 1.56. The fourth-order valence-corrected chi connectivity index (χ4v) is 1.90. The second-order valence-electron chi connectivity index (χ2n) is 3.90. The van der Waals surface area contributed by atoms with Crippen LogP contribution in [0.2, 0.25) is 0 Å². The Morgan fingerprint density at radius 2 is 1.75 bits per heavy atom. The fraction of sp³-hybridized carbons (Fsp3) is 0.0769. The second kappa shape index (κ2) is 5.62. The van der Waals surface area contributed by atoms with Crippen molar-refractivity contribution >= 4 is 33.0 Å². The number of nitrogen functional groups attached to an aromatic ring is 1. The van der Waals surface area contributed by atoms with Crippen molar-refractivity contribution in [3.05, 3.63) is 46.9 Å². The molecule has 2 rings (SSSR count). The summed E-state index contributed by atoms with van der Waals surface area (Å²) in [5.41, 5.74) is 6.84. The van der Waals surface area contributed by atoms with Gasteiger partial charge >= 0.3 is 6.36 Å². The summed E-state index contributed by atoms with van der Waals surface area (Å²) < 4.78 is 41.6. The van der Waals surface area contributed by atoms with Crippen LogP contribution in [0.1, 0.15) is 0 Å². The molecule has 0 aliphatic rings. The number of hydrogen-bond donors (Lipinski definition) is 2. The molecule has 0 amide bonds. The standard InChI is InChI=1S/C13H10BrF3N2O/c14-8-5-6-11(12(7-8)20-13(15,16)17)19-10-4-2-1-3-9(10)18/h1-7,19H,18H2. The number of nitrogens with one attached hydrogen (secondary N) is 1. The van der Waals surface area contributed by atoms with Gasteiger partial charge in [-0.05, 0) is 30.3 Å². The molecule has 0 unspecified atom stereocenters. The zero-order valence-corrected chi connectivity index (χ0v) is 11.6. The summed E-state index contributed by atoms with van der Waals surface area (Å²) in [6, 6.07) is 11.1. The molecule has 0 radical (unpaired) electrons. The van der Waals surface area contributed by atoms with Gasteiger partial charge in [-0.2, -0.15) is 0 Å². The van der Waals surface area contributed by atoms with E-state index >= 15 is 0 Å². The van der Waals surface area contributed by atoms with Gasteiger partial charge < -0.3 is 15.8 Å². The molecule has 0 aliphatic carbocycles. The summed E-state index contributed by atoms with van der Waals surface area (Å²) >= 11 is 3.10. The van der Waals surface area contributed by atoms with E-state index in [1.165, 1.54) is 12.1 Å². The Morgan fingerprint density at radius 3 is 2.40 bits per heavy atom. The lowest BCUT2D eigenvalue weighted by atomic mass is 10.2. The Labute approximate surface area is 121 Å². The number of hydrogen-bond acceptors (Lipinski definition) is 3. The van der Waals surface area contributed by atoms with Gasteiger partial charge in [0.2, 0.25) is 0 Å². The van der Waals surface area contributed by atoms with Crippen LogP contribution in [0.15, 0.2) is 46.9 Å². The summed E-state index contributed by atoms with van der Waals surface area (Å²) in [7, 11) is 0. The Balaban J connectivity index is 2.34. The first kappa shape index (κ1) is 14.5. The van der Waals surface area contributed by atoms with Gasteiger partial charge in [-0.15, -0.1) is 13.2 Å². The molecule has 0 saturated heterocycles. The van der Waals surface area contributed by atoms with Gasteiger partial charge in [0.05, 0.1) is 17.1 Å². The Morgan fingerprint density at radius 1 is 1.05 bits per heavy atom. The average molecular weight is 347 g/mol. The van der Waals surface area contributed by atoms with Gasteiger partial charge in [0.25, 0.3) is 0 Å². The van der Waals surface area contributed by atoms with Crippen LogP contribution in [0.4, 0.5) is 30.2 Å². The molecule has 20 heavy (non-hydrogen) atoms. The predicted octanol–water partition coefficient (Wildman–Crippen LogP) is 4.67. The van der Waals surface area contributed by atoms with E-state index in [0.717, 1.165) is 0 Å². The first-order valence-corrected chi connectivity index (χ1v) is 6.31. The summed E-state index contributed by atoms with van der Waals surface area (Å²) in [5, 5.41) is 2.82. The minimum atomic E-state index is -4.76. The maximum Gasteiger partial charge on any atom is 0.573 e. The molecule has 0 bridgehead atoms. The third-order valence-electron chi connectivity index (χ3n) is 2.40. The monoisotopic (exact) mass is 346 g/mol. The molecule has 0 aromatic heterocycles. The van der Waals surface area contributed by atoms with Crippen LogP contribution < -0.4 is 15.8 Å². The van der Waals surface area contributed by atoms with Crippen molar-refractivity contribution in [3.8, 4) is 5.75 Å². The highest BCUT2D eigenvalue weighted by Gasteiger charge is 2.32. The van der Waals surface area contributed by atoms with Gasteiger partial charge in [0, 0.05) is 4.47 Å². The molecule has 0 fully saturated rings. The molecule has 0 heterocycles. The van der Waals surface area contributed by atoms with E-state index < -0.39 is 6.36 Å². The van der Waals surface area contributed by atoms with E-state index in [9.17, 15) is 13.2 Å². The number of benzene rings is 2. The van der Waals surface area contributed by atoms with E-state index in [1.54, 1.807) is 30.3 Å². The zero-order valence-electron chi connectivity index (χ0n) is 10.0. The largest absolute Gasteiger partial charge is 0.573 e. The molecule has 106 valence electrons. The molecule has 0 spiro atoms. The quantitative estimate of drug-likeness (QED) is 0.793. The number of nitrogens with two attached hydrogens (primary N) is 1. The first-order chi connectivity index (χ1) is 9.35. The number of para-hydroxylation sites is 2. The first-order valence-electron chi connectivity index (χ1n) is 5.52. The third-order valence-corrected chi connectivity index (χ3v) is 2.89. The van der Waals surface area contributed by atoms with Crippen molar-refractivity contribution in [2.45, 2.75) is 6.36 Å². The minimum Gasteiger partial charge on any atom is -0.404 e. The summed E-state index contributed by atoms with van der Waals surface area (Å²) in [4.78, 5) is 0. The molecule has 3 nitrogen and oxygen atoms in total. The van der Waals surface area contributed by atoms with E-state index in [1.807, 2.05) is 0 Å². The van der Waals surface area contributed by atoms with Crippen LogP contribution in [0.25, 0.3) is 0 Å². The van der Waals surface area contributed by atoms with Gasteiger partial charge in [-0.25, -0.2) is 0 Å². The molecule has 3 N–H and O–H groups in total. The summed E-state index contributed by atoms with van der Waals surface area (Å²) in [6.45, 7) is 0. The van der Waals surface area contributed by atoms with E-state index in [2.05, 4.69) is 26.0 Å². The van der Waals surface area contributed by atoms with Crippen molar-refractivity contribution in [2.75, 3.05) is 11.1 Å². The van der Waals surface area contributed by atoms with E-state index in [4.69, 9.17) is 5.73 Å².